The van der Waals surface area contributed by atoms with E-state index >= 15 is 0 Å². The Morgan fingerprint density at radius 1 is 1.53 bits per heavy atom. The summed E-state index contributed by atoms with van der Waals surface area (Å²) in [7, 11) is 1.00. The van der Waals surface area contributed by atoms with Gasteiger partial charge in [0.25, 0.3) is 9.05 Å². The predicted molar refractivity (Wildman–Crippen MR) is 71.6 cm³/mol. The molecule has 0 amide bonds. The molecular weight excluding hydrogens is 363 g/mol. The first-order valence-corrected chi connectivity index (χ1v) is 8.66. The summed E-state index contributed by atoms with van der Waals surface area (Å²) in [6.07, 6.45) is 1.87. The molecule has 1 aliphatic rings. The topological polar surface area (TPSA) is 52.6 Å². The highest BCUT2D eigenvalue weighted by Gasteiger charge is 2.21. The molecule has 1 aromatic rings. The van der Waals surface area contributed by atoms with Crippen LogP contribution >= 0.6 is 26.6 Å². The quantitative estimate of drug-likeness (QED) is 0.761. The van der Waals surface area contributed by atoms with Gasteiger partial charge in [0.05, 0.1) is 10.6 Å². The second kappa shape index (κ2) is 5.95. The first-order chi connectivity index (χ1) is 8.88. The lowest BCUT2D eigenvalue weighted by molar-refractivity contribution is 0.0675. The van der Waals surface area contributed by atoms with Gasteiger partial charge in [0, 0.05) is 23.4 Å². The Kier molecular flexibility index (Phi) is 4.70. The smallest absolute Gasteiger partial charge is 0.264 e. The van der Waals surface area contributed by atoms with Crippen molar-refractivity contribution < 1.29 is 22.3 Å². The molecule has 0 N–H and O–H groups in total. The third-order valence-electron chi connectivity index (χ3n) is 2.70. The molecule has 1 fully saturated rings. The lowest BCUT2D eigenvalue weighted by Gasteiger charge is -2.13. The molecule has 1 atom stereocenters. The van der Waals surface area contributed by atoms with Crippen molar-refractivity contribution in [1.29, 1.82) is 0 Å². The van der Waals surface area contributed by atoms with E-state index in [-0.39, 0.29) is 11.9 Å². The molecule has 0 bridgehead atoms. The van der Waals surface area contributed by atoms with E-state index in [2.05, 4.69) is 15.9 Å². The van der Waals surface area contributed by atoms with Gasteiger partial charge in [-0.05, 0) is 34.8 Å². The highest BCUT2D eigenvalue weighted by atomic mass is 79.9. The second-order valence-corrected chi connectivity index (χ2v) is 7.49. The Hall–Kier alpha value is -0.370. The molecule has 2 rings (SSSR count). The summed E-state index contributed by atoms with van der Waals surface area (Å²) in [4.78, 5) is -0.578. The zero-order chi connectivity index (χ0) is 14.0. The average Bonchev–Trinajstić information content (AvgIpc) is 2.81. The molecule has 0 aromatic heterocycles. The van der Waals surface area contributed by atoms with E-state index in [0.29, 0.717) is 17.7 Å². The number of ether oxygens (including phenoxy) is 2. The molecule has 106 valence electrons. The molecule has 1 aliphatic heterocycles. The summed E-state index contributed by atoms with van der Waals surface area (Å²) < 4.78 is 47.0. The summed E-state index contributed by atoms with van der Waals surface area (Å²) in [6.45, 7) is 0.998. The number of hydrogen-bond donors (Lipinski definition) is 0. The van der Waals surface area contributed by atoms with Gasteiger partial charge < -0.3 is 9.47 Å². The van der Waals surface area contributed by atoms with Crippen LogP contribution in [-0.4, -0.2) is 27.7 Å². The van der Waals surface area contributed by atoms with E-state index in [1.54, 1.807) is 0 Å². The minimum atomic E-state index is -4.12. The number of halogens is 3. The highest BCUT2D eigenvalue weighted by Crippen LogP contribution is 2.32. The van der Waals surface area contributed by atoms with E-state index in [1.165, 1.54) is 0 Å². The molecule has 1 saturated heterocycles. The van der Waals surface area contributed by atoms with Gasteiger partial charge in [-0.15, -0.1) is 0 Å². The summed E-state index contributed by atoms with van der Waals surface area (Å²) in [5.74, 6) is -0.724. The van der Waals surface area contributed by atoms with Crippen molar-refractivity contribution >= 4 is 35.7 Å². The van der Waals surface area contributed by atoms with Crippen molar-refractivity contribution in [3.05, 3.63) is 22.4 Å². The van der Waals surface area contributed by atoms with E-state index < -0.39 is 19.8 Å². The van der Waals surface area contributed by atoms with Crippen molar-refractivity contribution in [2.45, 2.75) is 23.8 Å². The predicted octanol–water partition coefficient (Wildman–Crippen LogP) is 3.07. The summed E-state index contributed by atoms with van der Waals surface area (Å²) in [6, 6.07) is 2.08. The summed E-state index contributed by atoms with van der Waals surface area (Å²) in [5.41, 5.74) is 0. The Morgan fingerprint density at radius 3 is 2.84 bits per heavy atom. The van der Waals surface area contributed by atoms with Crippen LogP contribution in [0.1, 0.15) is 12.8 Å². The van der Waals surface area contributed by atoms with Gasteiger partial charge in [0.1, 0.15) is 23.1 Å². The molecule has 4 nitrogen and oxygen atoms in total. The van der Waals surface area contributed by atoms with Crippen molar-refractivity contribution in [2.75, 3.05) is 13.2 Å². The molecule has 1 aromatic carbocycles. The lowest BCUT2D eigenvalue weighted by atomic mass is 10.2. The monoisotopic (exact) mass is 372 g/mol. The van der Waals surface area contributed by atoms with Gasteiger partial charge in [0.2, 0.25) is 0 Å². The number of rotatable bonds is 4. The van der Waals surface area contributed by atoms with Crippen molar-refractivity contribution in [1.82, 2.24) is 0 Å². The maximum Gasteiger partial charge on any atom is 0.264 e. The average molecular weight is 374 g/mol. The molecule has 8 heteroatoms. The zero-order valence-electron chi connectivity index (χ0n) is 9.74. The van der Waals surface area contributed by atoms with Gasteiger partial charge in [-0.1, -0.05) is 0 Å². The maximum atomic E-state index is 13.6. The fraction of sp³-hybridized carbons (Fsp3) is 0.455. The Bertz CT molecular complexity index is 572. The van der Waals surface area contributed by atoms with Gasteiger partial charge in [-0.2, -0.15) is 0 Å². The van der Waals surface area contributed by atoms with Crippen LogP contribution in [-0.2, 0) is 13.8 Å². The van der Waals surface area contributed by atoms with E-state index in [1.807, 2.05) is 0 Å². The normalized spacial score (nSPS) is 19.6. The zero-order valence-corrected chi connectivity index (χ0v) is 12.9. The third-order valence-corrected chi connectivity index (χ3v) is 4.65. The van der Waals surface area contributed by atoms with Crippen LogP contribution in [0.5, 0.6) is 5.75 Å². The Morgan fingerprint density at radius 2 is 2.26 bits per heavy atom. The van der Waals surface area contributed by atoms with Crippen LogP contribution in [0.3, 0.4) is 0 Å². The first-order valence-electron chi connectivity index (χ1n) is 5.56. The van der Waals surface area contributed by atoms with Crippen molar-refractivity contribution in [3.8, 4) is 5.75 Å². The van der Waals surface area contributed by atoms with E-state index in [0.717, 1.165) is 25.0 Å². The van der Waals surface area contributed by atoms with E-state index in [4.69, 9.17) is 20.2 Å². The Balaban J connectivity index is 2.16. The maximum absolute atomic E-state index is 13.6. The molecule has 1 unspecified atom stereocenters. The van der Waals surface area contributed by atoms with Crippen LogP contribution in [0.4, 0.5) is 4.39 Å². The van der Waals surface area contributed by atoms with Gasteiger partial charge >= 0.3 is 0 Å². The number of hydrogen-bond acceptors (Lipinski definition) is 4. The molecule has 0 aliphatic carbocycles. The fourth-order valence-electron chi connectivity index (χ4n) is 1.77. The molecular formula is C11H11BrClFO4S. The highest BCUT2D eigenvalue weighted by molar-refractivity contribution is 9.10. The SMILES string of the molecule is O=S(=O)(Cl)c1cc(Br)c(OCC2CCCO2)cc1F. The molecule has 0 saturated carbocycles. The van der Waals surface area contributed by atoms with Crippen LogP contribution in [0.25, 0.3) is 0 Å². The second-order valence-electron chi connectivity index (χ2n) is 4.10. The van der Waals surface area contributed by atoms with Crippen LogP contribution < -0.4 is 4.74 Å². The van der Waals surface area contributed by atoms with Gasteiger partial charge in [-0.3, -0.25) is 0 Å². The van der Waals surface area contributed by atoms with Crippen LogP contribution in [0.2, 0.25) is 0 Å². The molecule has 1 heterocycles. The van der Waals surface area contributed by atoms with Gasteiger partial charge in [0.15, 0.2) is 0 Å². The molecule has 0 radical (unpaired) electrons. The largest absolute Gasteiger partial charge is 0.490 e. The minimum Gasteiger partial charge on any atom is -0.490 e. The van der Waals surface area contributed by atoms with Crippen molar-refractivity contribution in [3.63, 3.8) is 0 Å². The minimum absolute atomic E-state index is 0.00797. The molecule has 0 spiro atoms. The fourth-order valence-corrected chi connectivity index (χ4v) is 3.28. The van der Waals surface area contributed by atoms with Crippen LogP contribution in [0, 0.1) is 5.82 Å². The number of benzene rings is 1. The lowest BCUT2D eigenvalue weighted by Crippen LogP contribution is -2.16. The standard InChI is InChI=1S/C11H11BrClFO4S/c12-8-4-11(19(13,15)16)9(14)5-10(8)18-6-7-2-1-3-17-7/h4-5,7H,1-3,6H2. The van der Waals surface area contributed by atoms with E-state index in [9.17, 15) is 12.8 Å². The first kappa shape index (κ1) is 15.0. The van der Waals surface area contributed by atoms with Crippen LogP contribution in [0.15, 0.2) is 21.5 Å². The molecule has 19 heavy (non-hydrogen) atoms. The Labute approximate surface area is 123 Å². The third kappa shape index (κ3) is 3.81. The van der Waals surface area contributed by atoms with Crippen molar-refractivity contribution in [2.24, 2.45) is 0 Å². The summed E-state index contributed by atoms with van der Waals surface area (Å²) >= 11 is 3.13. The summed E-state index contributed by atoms with van der Waals surface area (Å²) in [5, 5.41) is 0. The van der Waals surface area contributed by atoms with Gasteiger partial charge in [-0.25, -0.2) is 12.8 Å².